The van der Waals surface area contributed by atoms with Crippen LogP contribution in [0.1, 0.15) is 31.3 Å². The number of imidazole rings is 1. The van der Waals surface area contributed by atoms with Crippen molar-refractivity contribution >= 4 is 45.1 Å². The Morgan fingerprint density at radius 1 is 1.00 bits per heavy atom. The van der Waals surface area contributed by atoms with Gasteiger partial charge in [0.25, 0.3) is 11.8 Å². The fourth-order valence-corrected chi connectivity index (χ4v) is 3.05. The van der Waals surface area contributed by atoms with Gasteiger partial charge in [0.15, 0.2) is 11.4 Å². The van der Waals surface area contributed by atoms with E-state index in [9.17, 15) is 27.6 Å². The molecule has 9 nitrogen and oxygen atoms in total. The van der Waals surface area contributed by atoms with Crippen LogP contribution in [0.25, 0.3) is 0 Å². The zero-order chi connectivity index (χ0) is 24.2. The Kier molecular flexibility index (Phi) is 7.01. The molecular weight excluding hydrogens is 513 g/mol. The van der Waals surface area contributed by atoms with Crippen LogP contribution in [0.3, 0.4) is 0 Å². The molecule has 0 fully saturated rings. The number of nitrogens with zero attached hydrogens (tertiary/aromatic N) is 1. The van der Waals surface area contributed by atoms with Gasteiger partial charge in [-0.1, -0.05) is 0 Å². The first-order valence-electron chi connectivity index (χ1n) is 8.97. The van der Waals surface area contributed by atoms with Gasteiger partial charge in [0.05, 0.1) is 19.0 Å². The van der Waals surface area contributed by atoms with Gasteiger partial charge < -0.3 is 25.1 Å². The summed E-state index contributed by atoms with van der Waals surface area (Å²) in [6.45, 7) is 0. The molecule has 172 valence electrons. The highest BCUT2D eigenvalue weighted by molar-refractivity contribution is 9.10. The standard InChI is InChI=1S/C20H14BrF3N4O5/c1-32-19(31)16-15(25-9-26-16)18(30)28-11-4-2-10(3-5-11)27-17(29)13-8-12(6-7-14(13)21)33-20(22,23)24/h2-9H,1H3,(H,25,26)(H,27,29)(H,28,30). The van der Waals surface area contributed by atoms with E-state index in [4.69, 9.17) is 0 Å². The highest BCUT2D eigenvalue weighted by Crippen LogP contribution is 2.28. The van der Waals surface area contributed by atoms with E-state index in [1.54, 1.807) is 0 Å². The summed E-state index contributed by atoms with van der Waals surface area (Å²) in [7, 11) is 1.16. The Balaban J connectivity index is 1.68. The van der Waals surface area contributed by atoms with Crippen molar-refractivity contribution in [2.75, 3.05) is 17.7 Å². The van der Waals surface area contributed by atoms with Gasteiger partial charge in [-0.2, -0.15) is 0 Å². The first-order chi connectivity index (χ1) is 15.6. The highest BCUT2D eigenvalue weighted by Gasteiger charge is 2.31. The number of anilines is 2. The molecule has 1 aromatic heterocycles. The van der Waals surface area contributed by atoms with Crippen LogP contribution in [-0.4, -0.2) is 41.2 Å². The third kappa shape index (κ3) is 6.10. The van der Waals surface area contributed by atoms with Crippen molar-refractivity contribution in [3.05, 3.63) is 70.2 Å². The zero-order valence-corrected chi connectivity index (χ0v) is 18.2. The van der Waals surface area contributed by atoms with Gasteiger partial charge in [-0.15, -0.1) is 13.2 Å². The molecule has 3 aromatic rings. The lowest BCUT2D eigenvalue weighted by atomic mass is 10.2. The van der Waals surface area contributed by atoms with Crippen LogP contribution >= 0.6 is 15.9 Å². The Bertz CT molecular complexity index is 1200. The molecule has 0 bridgehead atoms. The molecule has 0 aliphatic rings. The molecule has 0 radical (unpaired) electrons. The third-order valence-electron chi connectivity index (χ3n) is 4.06. The fraction of sp³-hybridized carbons (Fsp3) is 0.100. The second-order valence-electron chi connectivity index (χ2n) is 6.29. The van der Waals surface area contributed by atoms with Crippen LogP contribution in [-0.2, 0) is 4.74 Å². The van der Waals surface area contributed by atoms with E-state index in [0.717, 1.165) is 19.2 Å². The van der Waals surface area contributed by atoms with Gasteiger partial charge in [0.1, 0.15) is 5.75 Å². The van der Waals surface area contributed by atoms with Crippen molar-refractivity contribution in [2.24, 2.45) is 0 Å². The number of aromatic nitrogens is 2. The van der Waals surface area contributed by atoms with Crippen LogP contribution < -0.4 is 15.4 Å². The number of hydrogen-bond donors (Lipinski definition) is 3. The summed E-state index contributed by atoms with van der Waals surface area (Å²) in [6.07, 6.45) is -3.72. The number of alkyl halides is 3. The number of methoxy groups -OCH3 is 1. The number of hydrogen-bond acceptors (Lipinski definition) is 6. The molecule has 0 spiro atoms. The average molecular weight is 527 g/mol. The molecule has 3 rings (SSSR count). The molecule has 13 heteroatoms. The Morgan fingerprint density at radius 2 is 1.61 bits per heavy atom. The van der Waals surface area contributed by atoms with Crippen LogP contribution in [0.5, 0.6) is 5.75 Å². The number of H-pyrrole nitrogens is 1. The second kappa shape index (κ2) is 9.73. The molecule has 0 atom stereocenters. The van der Waals surface area contributed by atoms with Crippen LogP contribution in [0, 0.1) is 0 Å². The van der Waals surface area contributed by atoms with Crippen molar-refractivity contribution in [2.45, 2.75) is 6.36 Å². The van der Waals surface area contributed by atoms with E-state index in [-0.39, 0.29) is 21.4 Å². The number of benzene rings is 2. The normalized spacial score (nSPS) is 10.9. The summed E-state index contributed by atoms with van der Waals surface area (Å²) >= 11 is 3.12. The Morgan fingerprint density at radius 3 is 2.18 bits per heavy atom. The minimum absolute atomic E-state index is 0.0806. The number of amides is 2. The van der Waals surface area contributed by atoms with Gasteiger partial charge >= 0.3 is 12.3 Å². The smallest absolute Gasteiger partial charge is 0.464 e. The average Bonchev–Trinajstić information content (AvgIpc) is 3.25. The maximum Gasteiger partial charge on any atom is 0.573 e. The van der Waals surface area contributed by atoms with E-state index in [2.05, 4.69) is 46.0 Å². The quantitative estimate of drug-likeness (QED) is 0.410. The molecule has 3 N–H and O–H groups in total. The lowest BCUT2D eigenvalue weighted by molar-refractivity contribution is -0.274. The molecule has 1 heterocycles. The first kappa shape index (κ1) is 23.8. The number of esters is 1. The van der Waals surface area contributed by atoms with Crippen molar-refractivity contribution < 1.29 is 37.0 Å². The molecule has 0 aliphatic carbocycles. The van der Waals surface area contributed by atoms with E-state index in [1.165, 1.54) is 36.7 Å². The zero-order valence-electron chi connectivity index (χ0n) is 16.6. The number of ether oxygens (including phenoxy) is 2. The number of nitrogens with one attached hydrogen (secondary N) is 3. The molecule has 0 unspecified atom stereocenters. The summed E-state index contributed by atoms with van der Waals surface area (Å²) in [4.78, 5) is 42.8. The number of aromatic amines is 1. The summed E-state index contributed by atoms with van der Waals surface area (Å²) < 4.78 is 45.9. The minimum Gasteiger partial charge on any atom is -0.464 e. The highest BCUT2D eigenvalue weighted by atomic mass is 79.9. The van der Waals surface area contributed by atoms with E-state index < -0.39 is 29.9 Å². The summed E-state index contributed by atoms with van der Waals surface area (Å²) in [5, 5.41) is 5.07. The van der Waals surface area contributed by atoms with Crippen molar-refractivity contribution in [1.82, 2.24) is 9.97 Å². The maximum absolute atomic E-state index is 12.5. The van der Waals surface area contributed by atoms with Crippen LogP contribution in [0.4, 0.5) is 24.5 Å². The second-order valence-corrected chi connectivity index (χ2v) is 7.15. The third-order valence-corrected chi connectivity index (χ3v) is 4.75. The first-order valence-corrected chi connectivity index (χ1v) is 9.76. The lowest BCUT2D eigenvalue weighted by Crippen LogP contribution is -2.18. The van der Waals surface area contributed by atoms with Crippen molar-refractivity contribution in [3.63, 3.8) is 0 Å². The Labute approximate surface area is 192 Å². The molecule has 33 heavy (non-hydrogen) atoms. The van der Waals surface area contributed by atoms with Gasteiger partial charge in [0.2, 0.25) is 0 Å². The molecule has 2 amide bonds. The largest absolute Gasteiger partial charge is 0.573 e. The van der Waals surface area contributed by atoms with Gasteiger partial charge in [-0.3, -0.25) is 9.59 Å². The van der Waals surface area contributed by atoms with E-state index >= 15 is 0 Å². The maximum atomic E-state index is 12.5. The van der Waals surface area contributed by atoms with Crippen molar-refractivity contribution in [3.8, 4) is 5.75 Å². The van der Waals surface area contributed by atoms with Gasteiger partial charge in [-0.25, -0.2) is 9.78 Å². The van der Waals surface area contributed by atoms with Crippen LogP contribution in [0.15, 0.2) is 53.3 Å². The molecule has 0 saturated heterocycles. The molecule has 0 aliphatic heterocycles. The summed E-state index contributed by atoms with van der Waals surface area (Å²) in [5.74, 6) is -2.66. The topological polar surface area (TPSA) is 122 Å². The SMILES string of the molecule is COC(=O)c1[nH]cnc1C(=O)Nc1ccc(NC(=O)c2cc(OC(F)(F)F)ccc2Br)cc1. The minimum atomic E-state index is -4.89. The summed E-state index contributed by atoms with van der Waals surface area (Å²) in [6, 6.07) is 9.13. The van der Waals surface area contributed by atoms with E-state index in [0.29, 0.717) is 11.4 Å². The fourth-order valence-electron chi connectivity index (χ4n) is 2.63. The summed E-state index contributed by atoms with van der Waals surface area (Å²) in [5.41, 5.74) is 0.287. The molecule has 2 aromatic carbocycles. The molecular formula is C20H14BrF3N4O5. The molecule has 0 saturated carbocycles. The number of carbonyl (C=O) groups excluding carboxylic acids is 3. The monoisotopic (exact) mass is 526 g/mol. The van der Waals surface area contributed by atoms with Gasteiger partial charge in [-0.05, 0) is 58.4 Å². The number of carbonyl (C=O) groups is 3. The number of halogens is 4. The Hall–Kier alpha value is -3.87. The lowest BCUT2D eigenvalue weighted by Gasteiger charge is -2.12. The predicted octanol–water partition coefficient (Wildman–Crippen LogP) is 4.36. The van der Waals surface area contributed by atoms with E-state index in [1.807, 2.05) is 0 Å². The van der Waals surface area contributed by atoms with Crippen LogP contribution in [0.2, 0.25) is 0 Å². The van der Waals surface area contributed by atoms with Crippen molar-refractivity contribution in [1.29, 1.82) is 0 Å². The number of rotatable bonds is 6. The predicted molar refractivity (Wildman–Crippen MR) is 113 cm³/mol. The van der Waals surface area contributed by atoms with Gasteiger partial charge in [0, 0.05) is 15.8 Å².